The molecule has 2 aliphatic rings. The number of likely N-dealkylation sites (tertiary alicyclic amines) is 1. The van der Waals surface area contributed by atoms with E-state index < -0.39 is 0 Å². The largest absolute Gasteiger partial charge is 0.336 e. The molecule has 0 unspecified atom stereocenters. The minimum Gasteiger partial charge on any atom is -0.336 e. The van der Waals surface area contributed by atoms with Gasteiger partial charge in [0, 0.05) is 43.4 Å². The van der Waals surface area contributed by atoms with E-state index in [1.807, 2.05) is 17.0 Å². The van der Waals surface area contributed by atoms with E-state index in [2.05, 4.69) is 22.1 Å². The lowest BCUT2D eigenvalue weighted by molar-refractivity contribution is 0.0777. The van der Waals surface area contributed by atoms with E-state index in [0.717, 1.165) is 0 Å². The molecule has 2 N–H and O–H groups in total. The van der Waals surface area contributed by atoms with Gasteiger partial charge in [0.1, 0.15) is 5.69 Å². The summed E-state index contributed by atoms with van der Waals surface area (Å²) in [7, 11) is 0. The number of nitrogens with two attached hydrogens (primary N) is 1. The van der Waals surface area contributed by atoms with Crippen LogP contribution >= 0.6 is 0 Å². The molecule has 0 spiro atoms. The van der Waals surface area contributed by atoms with Gasteiger partial charge in [-0.25, -0.2) is 4.98 Å². The van der Waals surface area contributed by atoms with Crippen molar-refractivity contribution in [2.24, 2.45) is 11.7 Å². The molecule has 4 rings (SSSR count). The fourth-order valence-electron chi connectivity index (χ4n) is 3.64. The highest BCUT2D eigenvalue weighted by Gasteiger charge is 2.46. The van der Waals surface area contributed by atoms with E-state index in [9.17, 15) is 4.79 Å². The van der Waals surface area contributed by atoms with Crippen LogP contribution in [-0.4, -0.2) is 33.9 Å². The van der Waals surface area contributed by atoms with Crippen LogP contribution in [0.4, 0.5) is 0 Å². The van der Waals surface area contributed by atoms with Gasteiger partial charge < -0.3 is 10.6 Å². The monoisotopic (exact) mass is 280 g/mol. The molecule has 0 bridgehead atoms. The van der Waals surface area contributed by atoms with Crippen LogP contribution in [0.1, 0.15) is 33.6 Å². The van der Waals surface area contributed by atoms with Gasteiger partial charge in [-0.15, -0.1) is 0 Å². The number of fused-ring (bicyclic) bond motifs is 3. The summed E-state index contributed by atoms with van der Waals surface area (Å²) < 4.78 is 0. The maximum atomic E-state index is 12.5. The average molecular weight is 280 g/mol. The van der Waals surface area contributed by atoms with Crippen molar-refractivity contribution < 1.29 is 4.79 Å². The molecule has 5 heteroatoms. The lowest BCUT2D eigenvalue weighted by atomic mass is 9.95. The quantitative estimate of drug-likeness (QED) is 0.855. The van der Waals surface area contributed by atoms with Crippen molar-refractivity contribution in [1.82, 2.24) is 14.9 Å². The molecule has 3 atom stereocenters. The zero-order valence-electron chi connectivity index (χ0n) is 11.5. The summed E-state index contributed by atoms with van der Waals surface area (Å²) in [6, 6.07) is 8.33. The molecule has 21 heavy (non-hydrogen) atoms. The second kappa shape index (κ2) is 4.63. The Kier molecular flexibility index (Phi) is 2.75. The third-order valence-electron chi connectivity index (χ3n) is 4.65. The van der Waals surface area contributed by atoms with Crippen molar-refractivity contribution in [1.29, 1.82) is 0 Å². The molecular formula is C16H16N4O. The van der Waals surface area contributed by atoms with Gasteiger partial charge in [0.05, 0.1) is 6.20 Å². The van der Waals surface area contributed by atoms with Gasteiger partial charge in [-0.2, -0.15) is 0 Å². The molecule has 1 amide bonds. The van der Waals surface area contributed by atoms with Crippen LogP contribution in [-0.2, 0) is 0 Å². The number of benzene rings is 1. The van der Waals surface area contributed by atoms with Crippen molar-refractivity contribution in [2.45, 2.75) is 12.0 Å². The van der Waals surface area contributed by atoms with E-state index in [0.29, 0.717) is 30.6 Å². The number of hydrogen-bond acceptors (Lipinski definition) is 4. The Hall–Kier alpha value is -2.27. The first-order valence-electron chi connectivity index (χ1n) is 7.15. The molecule has 2 aromatic rings. The maximum absolute atomic E-state index is 12.5. The van der Waals surface area contributed by atoms with Gasteiger partial charge in [0.2, 0.25) is 0 Å². The highest BCUT2D eigenvalue weighted by atomic mass is 16.2. The van der Waals surface area contributed by atoms with E-state index in [1.54, 1.807) is 12.4 Å². The molecule has 1 fully saturated rings. The molecule has 0 radical (unpaired) electrons. The van der Waals surface area contributed by atoms with Crippen molar-refractivity contribution in [3.63, 3.8) is 0 Å². The first-order chi connectivity index (χ1) is 10.3. The van der Waals surface area contributed by atoms with Crippen LogP contribution < -0.4 is 5.73 Å². The Morgan fingerprint density at radius 2 is 2.00 bits per heavy atom. The summed E-state index contributed by atoms with van der Waals surface area (Å²) in [4.78, 5) is 22.4. The van der Waals surface area contributed by atoms with Gasteiger partial charge in [0.15, 0.2) is 0 Å². The SMILES string of the molecule is N[C@H]1c2ccccc2[C@H]2CN(C(=O)c3cnccn3)C[C@H]21. The Morgan fingerprint density at radius 3 is 2.76 bits per heavy atom. The fraction of sp³-hybridized carbons (Fsp3) is 0.312. The van der Waals surface area contributed by atoms with Crippen molar-refractivity contribution >= 4 is 5.91 Å². The van der Waals surface area contributed by atoms with Crippen molar-refractivity contribution in [3.8, 4) is 0 Å². The first-order valence-corrected chi connectivity index (χ1v) is 7.15. The zero-order valence-corrected chi connectivity index (χ0v) is 11.5. The zero-order chi connectivity index (χ0) is 14.4. The van der Waals surface area contributed by atoms with Gasteiger partial charge in [-0.3, -0.25) is 9.78 Å². The van der Waals surface area contributed by atoms with E-state index in [4.69, 9.17) is 5.73 Å². The summed E-state index contributed by atoms with van der Waals surface area (Å²) in [5.74, 6) is 0.599. The van der Waals surface area contributed by atoms with Crippen LogP contribution in [0.2, 0.25) is 0 Å². The average Bonchev–Trinajstić information content (AvgIpc) is 3.08. The number of amides is 1. The third-order valence-corrected chi connectivity index (χ3v) is 4.65. The summed E-state index contributed by atoms with van der Waals surface area (Å²) >= 11 is 0. The van der Waals surface area contributed by atoms with Crippen molar-refractivity contribution in [3.05, 3.63) is 59.7 Å². The van der Waals surface area contributed by atoms with E-state index >= 15 is 0 Å². The maximum Gasteiger partial charge on any atom is 0.274 e. The molecule has 1 aromatic carbocycles. The Morgan fingerprint density at radius 1 is 1.19 bits per heavy atom. The van der Waals surface area contributed by atoms with Crippen LogP contribution in [0.5, 0.6) is 0 Å². The summed E-state index contributed by atoms with van der Waals surface area (Å²) in [6.45, 7) is 1.40. The van der Waals surface area contributed by atoms with Gasteiger partial charge in [0.25, 0.3) is 5.91 Å². The second-order valence-electron chi connectivity index (χ2n) is 5.73. The molecule has 106 valence electrons. The third kappa shape index (κ3) is 1.85. The molecule has 0 saturated carbocycles. The topological polar surface area (TPSA) is 72.1 Å². The molecule has 2 heterocycles. The summed E-state index contributed by atoms with van der Waals surface area (Å²) in [5.41, 5.74) is 9.30. The number of hydrogen-bond donors (Lipinski definition) is 1. The molecule has 1 aliphatic heterocycles. The number of carbonyl (C=O) groups is 1. The number of nitrogens with zero attached hydrogens (tertiary/aromatic N) is 3. The number of carbonyl (C=O) groups excluding carboxylic acids is 1. The standard InChI is InChI=1S/C16H16N4O/c17-15-11-4-2-1-3-10(11)12-8-20(9-13(12)15)16(21)14-7-18-5-6-19-14/h1-7,12-13,15H,8-9,17H2/t12-,13-,15+/m1/s1. The van der Waals surface area contributed by atoms with E-state index in [1.165, 1.54) is 17.3 Å². The summed E-state index contributed by atoms with van der Waals surface area (Å²) in [5, 5.41) is 0. The second-order valence-corrected chi connectivity index (χ2v) is 5.73. The van der Waals surface area contributed by atoms with Crippen molar-refractivity contribution in [2.75, 3.05) is 13.1 Å². The highest BCUT2D eigenvalue weighted by Crippen LogP contribution is 2.48. The number of aromatic nitrogens is 2. The Bertz CT molecular complexity index is 688. The molecule has 1 aliphatic carbocycles. The van der Waals surface area contributed by atoms with Gasteiger partial charge in [-0.05, 0) is 11.1 Å². The fourth-order valence-corrected chi connectivity index (χ4v) is 3.64. The highest BCUT2D eigenvalue weighted by molar-refractivity contribution is 5.92. The molecular weight excluding hydrogens is 264 g/mol. The van der Waals surface area contributed by atoms with Crippen LogP contribution in [0.25, 0.3) is 0 Å². The smallest absolute Gasteiger partial charge is 0.274 e. The predicted octanol–water partition coefficient (Wildman–Crippen LogP) is 1.35. The van der Waals surface area contributed by atoms with Crippen LogP contribution in [0.15, 0.2) is 42.9 Å². The van der Waals surface area contributed by atoms with E-state index in [-0.39, 0.29) is 11.9 Å². The number of rotatable bonds is 1. The Balaban J connectivity index is 1.61. The normalized spacial score (nSPS) is 26.5. The molecule has 1 aromatic heterocycles. The van der Waals surface area contributed by atoms with Gasteiger partial charge in [-0.1, -0.05) is 24.3 Å². The van der Waals surface area contributed by atoms with Crippen LogP contribution in [0.3, 0.4) is 0 Å². The molecule has 5 nitrogen and oxygen atoms in total. The predicted molar refractivity (Wildman–Crippen MR) is 77.5 cm³/mol. The van der Waals surface area contributed by atoms with Crippen LogP contribution in [0, 0.1) is 5.92 Å². The minimum atomic E-state index is -0.0535. The lowest BCUT2D eigenvalue weighted by Gasteiger charge is -2.19. The molecule has 1 saturated heterocycles. The minimum absolute atomic E-state index is 0.0193. The lowest BCUT2D eigenvalue weighted by Crippen LogP contribution is -2.31. The first kappa shape index (κ1) is 12.5. The summed E-state index contributed by atoms with van der Waals surface area (Å²) in [6.07, 6.45) is 4.64. The van der Waals surface area contributed by atoms with Gasteiger partial charge >= 0.3 is 0 Å². The Labute approximate surface area is 122 Å².